The first-order valence-electron chi connectivity index (χ1n) is 2.57. The summed E-state index contributed by atoms with van der Waals surface area (Å²) in [7, 11) is -2.36. The van der Waals surface area contributed by atoms with Gasteiger partial charge in [0.05, 0.1) is 0 Å². The van der Waals surface area contributed by atoms with Gasteiger partial charge in [-0.1, -0.05) is 19.6 Å². The summed E-state index contributed by atoms with van der Waals surface area (Å²) in [6.45, 7) is 4.59. The summed E-state index contributed by atoms with van der Waals surface area (Å²) in [6.07, 6.45) is -2.16. The van der Waals surface area contributed by atoms with E-state index in [1.54, 1.807) is 0 Å². The summed E-state index contributed by atoms with van der Waals surface area (Å²) in [5, 5.41) is 0. The lowest BCUT2D eigenvalue weighted by Crippen LogP contribution is -2.21. The molecule has 0 radical (unpaired) electrons. The van der Waals surface area contributed by atoms with Crippen LogP contribution in [-0.2, 0) is 0 Å². The summed E-state index contributed by atoms with van der Waals surface area (Å²) in [5.41, 5.74) is -1.19. The van der Waals surface area contributed by atoms with Crippen LogP contribution in [0.4, 0.5) is 13.2 Å². The number of hydrogen-bond acceptors (Lipinski definition) is 0. The molecule has 0 nitrogen and oxygen atoms in total. The zero-order valence-electron chi connectivity index (χ0n) is 5.63. The standard InChI is InChI=1S/C5H9F3Si/c1-9(2,3)5(8)4(6)7/h1-3H3. The molecular weight excluding hydrogens is 145 g/mol. The summed E-state index contributed by atoms with van der Waals surface area (Å²) in [5.74, 6) is 0. The average Bonchev–Trinajstić information content (AvgIpc) is 1.62. The fourth-order valence-electron chi connectivity index (χ4n) is 0.283. The summed E-state index contributed by atoms with van der Waals surface area (Å²) in [6, 6.07) is 0. The Morgan fingerprint density at radius 1 is 1.00 bits per heavy atom. The van der Waals surface area contributed by atoms with E-state index >= 15 is 0 Å². The van der Waals surface area contributed by atoms with E-state index in [-0.39, 0.29) is 0 Å². The molecule has 0 fully saturated rings. The van der Waals surface area contributed by atoms with Crippen molar-refractivity contribution in [1.82, 2.24) is 0 Å². The van der Waals surface area contributed by atoms with Crippen molar-refractivity contribution in [1.29, 1.82) is 0 Å². The minimum atomic E-state index is -2.36. The first kappa shape index (κ1) is 8.75. The van der Waals surface area contributed by atoms with Crippen molar-refractivity contribution in [3.63, 3.8) is 0 Å². The largest absolute Gasteiger partial charge is 0.296 e. The van der Waals surface area contributed by atoms with Gasteiger partial charge >= 0.3 is 0 Å². The van der Waals surface area contributed by atoms with Gasteiger partial charge in [0.1, 0.15) is 13.5 Å². The molecule has 0 rings (SSSR count). The molecule has 0 saturated heterocycles. The van der Waals surface area contributed by atoms with E-state index in [0.717, 1.165) is 0 Å². The second-order valence-electron chi connectivity index (χ2n) is 2.82. The van der Waals surface area contributed by atoms with E-state index in [0.29, 0.717) is 0 Å². The van der Waals surface area contributed by atoms with Gasteiger partial charge < -0.3 is 0 Å². The van der Waals surface area contributed by atoms with Gasteiger partial charge in [-0.25, -0.2) is 4.39 Å². The highest BCUT2D eigenvalue weighted by Crippen LogP contribution is 2.20. The van der Waals surface area contributed by atoms with Crippen molar-refractivity contribution < 1.29 is 13.2 Å². The van der Waals surface area contributed by atoms with E-state index in [9.17, 15) is 13.2 Å². The fraction of sp³-hybridized carbons (Fsp3) is 0.600. The lowest BCUT2D eigenvalue weighted by molar-refractivity contribution is 0.391. The van der Waals surface area contributed by atoms with Crippen LogP contribution in [-0.4, -0.2) is 8.07 Å². The van der Waals surface area contributed by atoms with E-state index in [4.69, 9.17) is 0 Å². The van der Waals surface area contributed by atoms with Crippen LogP contribution in [0, 0.1) is 0 Å². The molecule has 0 amide bonds. The predicted octanol–water partition coefficient (Wildman–Crippen LogP) is 2.94. The second kappa shape index (κ2) is 2.56. The first-order valence-corrected chi connectivity index (χ1v) is 6.07. The quantitative estimate of drug-likeness (QED) is 0.509. The van der Waals surface area contributed by atoms with Crippen molar-refractivity contribution in [3.8, 4) is 0 Å². The van der Waals surface area contributed by atoms with Gasteiger partial charge in [0.2, 0.25) is 0 Å². The molecule has 0 atom stereocenters. The van der Waals surface area contributed by atoms with E-state index in [1.165, 1.54) is 19.6 Å². The van der Waals surface area contributed by atoms with Crippen LogP contribution in [0.25, 0.3) is 0 Å². The summed E-state index contributed by atoms with van der Waals surface area (Å²) >= 11 is 0. The van der Waals surface area contributed by atoms with Gasteiger partial charge in [0.15, 0.2) is 0 Å². The highest BCUT2D eigenvalue weighted by atomic mass is 28.3. The third-order valence-electron chi connectivity index (χ3n) is 0.824. The highest BCUT2D eigenvalue weighted by Gasteiger charge is 2.24. The Hall–Kier alpha value is -0.253. The molecule has 0 aromatic rings. The van der Waals surface area contributed by atoms with Crippen molar-refractivity contribution in [2.45, 2.75) is 19.6 Å². The molecule has 0 heterocycles. The normalized spacial score (nSPS) is 11.3. The Bertz CT molecular complexity index is 130. The first-order chi connectivity index (χ1) is 3.85. The smallest absolute Gasteiger partial charge is 0.212 e. The zero-order chi connectivity index (χ0) is 7.65. The van der Waals surface area contributed by atoms with Crippen molar-refractivity contribution in [2.75, 3.05) is 0 Å². The molecular formula is C5H9F3Si. The predicted molar refractivity (Wildman–Crippen MR) is 33.7 cm³/mol. The van der Waals surface area contributed by atoms with Crippen LogP contribution in [0.1, 0.15) is 0 Å². The van der Waals surface area contributed by atoms with Crippen LogP contribution in [0.15, 0.2) is 11.5 Å². The monoisotopic (exact) mass is 154 g/mol. The van der Waals surface area contributed by atoms with Gasteiger partial charge in [-0.05, 0) is 0 Å². The maximum Gasteiger partial charge on any atom is 0.296 e. The lowest BCUT2D eigenvalue weighted by atomic mass is 11.1. The van der Waals surface area contributed by atoms with Gasteiger partial charge in [0, 0.05) is 0 Å². The Labute approximate surface area is 53.4 Å². The maximum absolute atomic E-state index is 12.2. The van der Waals surface area contributed by atoms with E-state index < -0.39 is 19.6 Å². The SMILES string of the molecule is C[Si](C)(C)C(F)=C(F)F. The molecule has 0 aromatic heterocycles. The highest BCUT2D eigenvalue weighted by molar-refractivity contribution is 6.82. The average molecular weight is 154 g/mol. The van der Waals surface area contributed by atoms with E-state index in [1.807, 2.05) is 0 Å². The van der Waals surface area contributed by atoms with Crippen LogP contribution in [0.3, 0.4) is 0 Å². The van der Waals surface area contributed by atoms with Gasteiger partial charge in [-0.2, -0.15) is 8.78 Å². The summed E-state index contributed by atoms with van der Waals surface area (Å²) < 4.78 is 35.2. The molecule has 0 aliphatic carbocycles. The van der Waals surface area contributed by atoms with Gasteiger partial charge in [0.25, 0.3) is 6.08 Å². The minimum Gasteiger partial charge on any atom is -0.212 e. The lowest BCUT2D eigenvalue weighted by Gasteiger charge is -2.10. The zero-order valence-corrected chi connectivity index (χ0v) is 6.63. The number of halogens is 3. The summed E-state index contributed by atoms with van der Waals surface area (Å²) in [4.78, 5) is 0. The van der Waals surface area contributed by atoms with Crippen LogP contribution in [0.2, 0.25) is 19.6 Å². The van der Waals surface area contributed by atoms with Crippen molar-refractivity contribution >= 4 is 8.07 Å². The Morgan fingerprint density at radius 3 is 1.33 bits per heavy atom. The van der Waals surface area contributed by atoms with Crippen molar-refractivity contribution in [2.24, 2.45) is 0 Å². The Balaban J connectivity index is 4.40. The molecule has 4 heteroatoms. The molecule has 9 heavy (non-hydrogen) atoms. The Morgan fingerprint density at radius 2 is 1.33 bits per heavy atom. The number of hydrogen-bond donors (Lipinski definition) is 0. The van der Waals surface area contributed by atoms with Gasteiger partial charge in [-0.3, -0.25) is 0 Å². The number of rotatable bonds is 1. The minimum absolute atomic E-state index is 1.19. The maximum atomic E-state index is 12.2. The molecule has 0 aromatic carbocycles. The molecule has 0 N–H and O–H groups in total. The van der Waals surface area contributed by atoms with E-state index in [2.05, 4.69) is 0 Å². The molecule has 0 aliphatic heterocycles. The molecule has 0 aliphatic rings. The molecule has 0 saturated carbocycles. The van der Waals surface area contributed by atoms with Crippen LogP contribution >= 0.6 is 0 Å². The third-order valence-corrected chi connectivity index (χ3v) is 2.33. The molecule has 0 bridgehead atoms. The van der Waals surface area contributed by atoms with Gasteiger partial charge in [-0.15, -0.1) is 0 Å². The Kier molecular flexibility index (Phi) is 2.48. The third kappa shape index (κ3) is 2.69. The second-order valence-corrected chi connectivity index (χ2v) is 7.76. The van der Waals surface area contributed by atoms with Crippen molar-refractivity contribution in [3.05, 3.63) is 11.5 Å². The molecule has 0 unspecified atom stereocenters. The van der Waals surface area contributed by atoms with Crippen LogP contribution < -0.4 is 0 Å². The van der Waals surface area contributed by atoms with Crippen LogP contribution in [0.5, 0.6) is 0 Å². The molecule has 0 spiro atoms. The topological polar surface area (TPSA) is 0 Å². The fourth-order valence-corrected chi connectivity index (χ4v) is 0.850. The molecule has 54 valence electrons.